The number of halogens is 3. The largest absolute Gasteiger partial charge is 0.573 e. The van der Waals surface area contributed by atoms with E-state index in [1.165, 1.54) is 13.0 Å². The fraction of sp³-hybridized carbons (Fsp3) is 0.696. The Hall–Kier alpha value is -2.72. The summed E-state index contributed by atoms with van der Waals surface area (Å²) in [5, 5.41) is 2.97. The van der Waals surface area contributed by atoms with Gasteiger partial charge in [-0.25, -0.2) is 9.79 Å². The molecule has 0 aliphatic carbocycles. The standard InChI is InChI=1S/C23H36F3N3O5/c1-9-10-17(33-23(24,25)26)18(27-8)32-14-22(6,7)19(30)28-16-11-12-29(13-15(16)2)20(31)34-21(3,4)5/h9-10,15-16H,8,11-14H2,1-7H3,(H,28,30)/b10-9-,18-17-/t15-,16-/m1/s1. The van der Waals surface area contributed by atoms with Gasteiger partial charge in [0.1, 0.15) is 12.2 Å². The maximum Gasteiger partial charge on any atom is 0.573 e. The van der Waals surface area contributed by atoms with Crippen LogP contribution >= 0.6 is 0 Å². The van der Waals surface area contributed by atoms with Gasteiger partial charge in [-0.05, 0) is 66.7 Å². The lowest BCUT2D eigenvalue weighted by Crippen LogP contribution is -2.54. The summed E-state index contributed by atoms with van der Waals surface area (Å²) in [7, 11) is 0. The summed E-state index contributed by atoms with van der Waals surface area (Å²) in [6, 6.07) is -0.190. The van der Waals surface area contributed by atoms with Gasteiger partial charge in [0.25, 0.3) is 5.88 Å². The number of carbonyl (C=O) groups is 2. The quantitative estimate of drug-likeness (QED) is 0.300. The minimum absolute atomic E-state index is 0.0336. The van der Waals surface area contributed by atoms with Crippen molar-refractivity contribution in [3.63, 3.8) is 0 Å². The summed E-state index contributed by atoms with van der Waals surface area (Å²) < 4.78 is 52.8. The van der Waals surface area contributed by atoms with E-state index in [1.54, 1.807) is 39.5 Å². The number of nitrogens with one attached hydrogen (secondary N) is 1. The molecule has 1 rings (SSSR count). The first-order chi connectivity index (χ1) is 15.5. The van der Waals surface area contributed by atoms with Gasteiger partial charge in [-0.3, -0.25) is 4.79 Å². The normalized spacial score (nSPS) is 20.5. The topological polar surface area (TPSA) is 89.5 Å². The second-order valence-corrected chi connectivity index (χ2v) is 9.82. The van der Waals surface area contributed by atoms with Crippen LogP contribution in [0.2, 0.25) is 0 Å². The fourth-order valence-corrected chi connectivity index (χ4v) is 3.15. The van der Waals surface area contributed by atoms with E-state index in [4.69, 9.17) is 9.47 Å². The van der Waals surface area contributed by atoms with Gasteiger partial charge in [-0.1, -0.05) is 13.0 Å². The van der Waals surface area contributed by atoms with Gasteiger partial charge in [-0.15, -0.1) is 13.2 Å². The van der Waals surface area contributed by atoms with E-state index < -0.39 is 35.1 Å². The van der Waals surface area contributed by atoms with Crippen LogP contribution < -0.4 is 5.32 Å². The molecule has 0 unspecified atom stereocenters. The summed E-state index contributed by atoms with van der Waals surface area (Å²) >= 11 is 0. The number of nitrogens with zero attached hydrogens (tertiary/aromatic N) is 2. The maximum atomic E-state index is 12.9. The van der Waals surface area contributed by atoms with Crippen LogP contribution in [0.15, 0.2) is 28.8 Å². The van der Waals surface area contributed by atoms with E-state index in [9.17, 15) is 22.8 Å². The summed E-state index contributed by atoms with van der Waals surface area (Å²) in [5.41, 5.74) is -1.70. The highest BCUT2D eigenvalue weighted by Gasteiger charge is 2.37. The van der Waals surface area contributed by atoms with E-state index in [-0.39, 0.29) is 24.5 Å². The van der Waals surface area contributed by atoms with Crippen molar-refractivity contribution in [2.24, 2.45) is 16.3 Å². The number of rotatable bonds is 8. The molecule has 0 aromatic carbocycles. The van der Waals surface area contributed by atoms with E-state index in [0.29, 0.717) is 19.5 Å². The summed E-state index contributed by atoms with van der Waals surface area (Å²) in [5.74, 6) is -1.52. The first-order valence-electron chi connectivity index (χ1n) is 11.0. The van der Waals surface area contributed by atoms with Crippen LogP contribution in [0.3, 0.4) is 0 Å². The predicted octanol–water partition coefficient (Wildman–Crippen LogP) is 4.77. The van der Waals surface area contributed by atoms with E-state index in [2.05, 4.69) is 21.8 Å². The number of likely N-dealkylation sites (tertiary alicyclic amines) is 1. The first kappa shape index (κ1) is 29.3. The zero-order valence-electron chi connectivity index (χ0n) is 20.9. The molecule has 1 aliphatic rings. The molecule has 0 bridgehead atoms. The lowest BCUT2D eigenvalue weighted by Gasteiger charge is -2.39. The molecule has 1 aliphatic heterocycles. The van der Waals surface area contributed by atoms with Crippen LogP contribution in [0.4, 0.5) is 18.0 Å². The molecule has 1 N–H and O–H groups in total. The van der Waals surface area contributed by atoms with Gasteiger partial charge >= 0.3 is 12.5 Å². The Kier molecular flexibility index (Phi) is 10.0. The lowest BCUT2D eigenvalue weighted by atomic mass is 9.89. The summed E-state index contributed by atoms with van der Waals surface area (Å²) in [4.78, 5) is 30.3. The van der Waals surface area contributed by atoms with Crippen LogP contribution in [0.25, 0.3) is 0 Å². The zero-order valence-corrected chi connectivity index (χ0v) is 20.9. The second-order valence-electron chi connectivity index (χ2n) is 9.82. The van der Waals surface area contributed by atoms with Gasteiger partial charge in [0.05, 0.1) is 5.41 Å². The predicted molar refractivity (Wildman–Crippen MR) is 122 cm³/mol. The monoisotopic (exact) mass is 491 g/mol. The third-order valence-corrected chi connectivity index (χ3v) is 4.96. The average molecular weight is 492 g/mol. The van der Waals surface area contributed by atoms with Crippen LogP contribution in [0.1, 0.15) is 54.9 Å². The van der Waals surface area contributed by atoms with Crippen molar-refractivity contribution in [3.8, 4) is 0 Å². The Morgan fingerprint density at radius 2 is 1.79 bits per heavy atom. The lowest BCUT2D eigenvalue weighted by molar-refractivity contribution is -0.304. The van der Waals surface area contributed by atoms with Gasteiger partial charge in [-0.2, -0.15) is 0 Å². The molecule has 11 heteroatoms. The van der Waals surface area contributed by atoms with Crippen molar-refractivity contribution in [1.82, 2.24) is 10.2 Å². The smallest absolute Gasteiger partial charge is 0.474 e. The Bertz CT molecular complexity index is 801. The van der Waals surface area contributed by atoms with Gasteiger partial charge in [0.15, 0.2) is 5.76 Å². The number of hydrogen-bond acceptors (Lipinski definition) is 6. The number of carbonyl (C=O) groups excluding carboxylic acids is 2. The second kappa shape index (κ2) is 11.6. The molecule has 2 amide bonds. The van der Waals surface area contributed by atoms with Gasteiger partial charge < -0.3 is 24.4 Å². The van der Waals surface area contributed by atoms with Crippen molar-refractivity contribution in [3.05, 3.63) is 23.8 Å². The van der Waals surface area contributed by atoms with Crippen LogP contribution in [0.5, 0.6) is 0 Å². The molecule has 1 heterocycles. The molecule has 0 radical (unpaired) electrons. The highest BCUT2D eigenvalue weighted by Crippen LogP contribution is 2.27. The van der Waals surface area contributed by atoms with Crippen molar-refractivity contribution < 1.29 is 37.0 Å². The summed E-state index contributed by atoms with van der Waals surface area (Å²) in [6.07, 6.45) is -2.42. The van der Waals surface area contributed by atoms with Crippen molar-refractivity contribution in [1.29, 1.82) is 0 Å². The van der Waals surface area contributed by atoms with E-state index in [0.717, 1.165) is 6.08 Å². The molecule has 1 fully saturated rings. The average Bonchev–Trinajstić information content (AvgIpc) is 2.67. The Labute approximate surface area is 199 Å². The molecule has 194 valence electrons. The van der Waals surface area contributed by atoms with Crippen molar-refractivity contribution >= 4 is 18.7 Å². The maximum absolute atomic E-state index is 12.9. The number of piperidine rings is 1. The number of ether oxygens (including phenoxy) is 3. The zero-order chi connectivity index (χ0) is 26.3. The van der Waals surface area contributed by atoms with Crippen molar-refractivity contribution in [2.45, 2.75) is 72.9 Å². The highest BCUT2D eigenvalue weighted by atomic mass is 19.4. The minimum atomic E-state index is -4.94. The van der Waals surface area contributed by atoms with Gasteiger partial charge in [0.2, 0.25) is 5.91 Å². The van der Waals surface area contributed by atoms with Gasteiger partial charge in [0, 0.05) is 19.1 Å². The molecule has 0 saturated carbocycles. The van der Waals surface area contributed by atoms with Crippen LogP contribution in [-0.4, -0.2) is 61.3 Å². The number of alkyl halides is 3. The third kappa shape index (κ3) is 9.64. The molecule has 0 aromatic rings. The number of hydrogen-bond donors (Lipinski definition) is 1. The molecule has 2 atom stereocenters. The Morgan fingerprint density at radius 3 is 2.26 bits per heavy atom. The highest BCUT2D eigenvalue weighted by molar-refractivity contribution is 5.82. The number of allylic oxidation sites excluding steroid dienone is 2. The van der Waals surface area contributed by atoms with E-state index >= 15 is 0 Å². The Morgan fingerprint density at radius 1 is 1.18 bits per heavy atom. The molecule has 1 saturated heterocycles. The van der Waals surface area contributed by atoms with Crippen molar-refractivity contribution in [2.75, 3.05) is 19.7 Å². The third-order valence-electron chi connectivity index (χ3n) is 4.96. The molecular weight excluding hydrogens is 455 g/mol. The fourth-order valence-electron chi connectivity index (χ4n) is 3.15. The number of aliphatic imine (C=N–C) groups is 1. The summed E-state index contributed by atoms with van der Waals surface area (Å²) in [6.45, 7) is 15.8. The molecular formula is C23H36F3N3O5. The molecule has 34 heavy (non-hydrogen) atoms. The van der Waals surface area contributed by atoms with Crippen LogP contribution in [0, 0.1) is 11.3 Å². The molecule has 0 aromatic heterocycles. The molecule has 0 spiro atoms. The number of amides is 2. The van der Waals surface area contributed by atoms with Crippen LogP contribution in [-0.2, 0) is 19.0 Å². The molecule has 8 nitrogen and oxygen atoms in total. The Balaban J connectivity index is 2.78. The minimum Gasteiger partial charge on any atom is -0.474 e. The SMILES string of the molecule is C=N/C(OCC(C)(C)C(=O)N[C@@H]1CCN(C(=O)OC(C)(C)C)C[C@H]1C)=C(\C=C/C)OC(F)(F)F. The first-order valence-corrected chi connectivity index (χ1v) is 11.0. The van der Waals surface area contributed by atoms with E-state index in [1.807, 2.05) is 6.92 Å².